The highest BCUT2D eigenvalue weighted by Gasteiger charge is 2.21. The molecule has 1 aromatic rings. The van der Waals surface area contributed by atoms with E-state index in [1.807, 2.05) is 45.0 Å². The molecular formula is C17H29ClIN3O. The van der Waals surface area contributed by atoms with E-state index in [4.69, 9.17) is 11.6 Å². The molecule has 0 saturated carbocycles. The van der Waals surface area contributed by atoms with E-state index in [1.165, 1.54) is 5.56 Å². The van der Waals surface area contributed by atoms with E-state index < -0.39 is 5.60 Å². The zero-order valence-corrected chi connectivity index (χ0v) is 17.3. The fourth-order valence-electron chi connectivity index (χ4n) is 2.02. The Hall–Kier alpha value is -0.530. The molecule has 0 saturated heterocycles. The fraction of sp³-hybridized carbons (Fsp3) is 0.588. The second kappa shape index (κ2) is 11.9. The summed E-state index contributed by atoms with van der Waals surface area (Å²) in [4.78, 5) is 4.50. The monoisotopic (exact) mass is 453 g/mol. The normalized spacial score (nSPS) is 11.8. The highest BCUT2D eigenvalue weighted by atomic mass is 127. The van der Waals surface area contributed by atoms with Gasteiger partial charge < -0.3 is 15.7 Å². The summed E-state index contributed by atoms with van der Waals surface area (Å²) in [7, 11) is 0. The van der Waals surface area contributed by atoms with E-state index in [9.17, 15) is 5.11 Å². The second-order valence-corrected chi connectivity index (χ2v) is 5.87. The first-order valence-corrected chi connectivity index (χ1v) is 8.39. The first-order valence-electron chi connectivity index (χ1n) is 8.02. The summed E-state index contributed by atoms with van der Waals surface area (Å²) in [5.41, 5.74) is 0.518. The molecule has 0 aliphatic carbocycles. The molecule has 0 radical (unpaired) electrons. The first-order chi connectivity index (χ1) is 10.5. The largest absolute Gasteiger partial charge is 0.388 e. The Morgan fingerprint density at radius 2 is 1.74 bits per heavy atom. The number of nitrogens with zero attached hydrogens (tertiary/aromatic N) is 1. The number of nitrogens with one attached hydrogen (secondary N) is 2. The maximum absolute atomic E-state index is 10.3. The number of benzene rings is 1. The molecule has 4 nitrogen and oxygen atoms in total. The molecule has 0 bridgehead atoms. The van der Waals surface area contributed by atoms with E-state index in [-0.39, 0.29) is 24.0 Å². The third kappa shape index (κ3) is 8.77. The summed E-state index contributed by atoms with van der Waals surface area (Å²) in [5, 5.41) is 17.6. The van der Waals surface area contributed by atoms with Gasteiger partial charge in [0, 0.05) is 18.1 Å². The molecule has 0 spiro atoms. The zero-order chi connectivity index (χ0) is 16.4. The molecule has 6 heteroatoms. The maximum atomic E-state index is 10.3. The Bertz CT molecular complexity index is 461. The SMILES string of the molecule is CCNC(=NCC(O)(CC)CC)NCCc1ccc(Cl)cc1.I. The summed E-state index contributed by atoms with van der Waals surface area (Å²) in [6.45, 7) is 7.99. The molecule has 0 heterocycles. The van der Waals surface area contributed by atoms with Crippen molar-refractivity contribution in [3.05, 3.63) is 34.9 Å². The number of hydrogen-bond acceptors (Lipinski definition) is 2. The molecule has 0 aliphatic heterocycles. The van der Waals surface area contributed by atoms with Crippen LogP contribution in [0.1, 0.15) is 39.2 Å². The summed E-state index contributed by atoms with van der Waals surface area (Å²) < 4.78 is 0. The molecule has 3 N–H and O–H groups in total. The molecule has 1 rings (SSSR count). The number of rotatable bonds is 8. The van der Waals surface area contributed by atoms with Crippen molar-refractivity contribution in [1.29, 1.82) is 0 Å². The molecule has 0 unspecified atom stereocenters. The van der Waals surface area contributed by atoms with Crippen molar-refractivity contribution < 1.29 is 5.11 Å². The van der Waals surface area contributed by atoms with E-state index in [0.717, 1.165) is 30.5 Å². The quantitative estimate of drug-likeness (QED) is 0.320. The number of aliphatic imine (C=N–C) groups is 1. The molecule has 0 aromatic heterocycles. The van der Waals surface area contributed by atoms with Gasteiger partial charge in [-0.15, -0.1) is 24.0 Å². The third-order valence-corrected chi connectivity index (χ3v) is 4.06. The lowest BCUT2D eigenvalue weighted by atomic mass is 9.98. The minimum atomic E-state index is -0.710. The fourth-order valence-corrected chi connectivity index (χ4v) is 2.14. The summed E-state index contributed by atoms with van der Waals surface area (Å²) in [6, 6.07) is 7.86. The molecule has 0 amide bonds. The Kier molecular flexibility index (Phi) is 11.6. The number of halogens is 2. The summed E-state index contributed by atoms with van der Waals surface area (Å²) >= 11 is 5.88. The van der Waals surface area contributed by atoms with Crippen molar-refractivity contribution in [1.82, 2.24) is 10.6 Å². The minimum Gasteiger partial charge on any atom is -0.388 e. The van der Waals surface area contributed by atoms with E-state index >= 15 is 0 Å². The van der Waals surface area contributed by atoms with E-state index in [0.29, 0.717) is 19.4 Å². The Balaban J connectivity index is 0.00000484. The molecular weight excluding hydrogens is 425 g/mol. The lowest BCUT2D eigenvalue weighted by Gasteiger charge is -2.23. The van der Waals surface area contributed by atoms with Crippen LogP contribution in [0.4, 0.5) is 0 Å². The van der Waals surface area contributed by atoms with Crippen molar-refractivity contribution in [2.45, 2.75) is 45.6 Å². The highest BCUT2D eigenvalue weighted by molar-refractivity contribution is 14.0. The molecule has 132 valence electrons. The van der Waals surface area contributed by atoms with E-state index in [2.05, 4.69) is 15.6 Å². The number of hydrogen-bond donors (Lipinski definition) is 3. The van der Waals surface area contributed by atoms with Gasteiger partial charge in [-0.05, 0) is 43.9 Å². The van der Waals surface area contributed by atoms with Gasteiger partial charge in [-0.25, -0.2) is 0 Å². The van der Waals surface area contributed by atoms with Gasteiger partial charge in [-0.2, -0.15) is 0 Å². The molecule has 0 atom stereocenters. The van der Waals surface area contributed by atoms with Crippen LogP contribution in [0.5, 0.6) is 0 Å². The molecule has 0 fully saturated rings. The van der Waals surface area contributed by atoms with Crippen molar-refractivity contribution in [3.8, 4) is 0 Å². The molecule has 1 aromatic carbocycles. The number of aliphatic hydroxyl groups is 1. The van der Waals surface area contributed by atoms with Gasteiger partial charge in [-0.1, -0.05) is 37.6 Å². The van der Waals surface area contributed by atoms with Crippen LogP contribution in [0.25, 0.3) is 0 Å². The van der Waals surface area contributed by atoms with Crippen LogP contribution in [0.15, 0.2) is 29.3 Å². The lowest BCUT2D eigenvalue weighted by molar-refractivity contribution is 0.0418. The topological polar surface area (TPSA) is 56.7 Å². The van der Waals surface area contributed by atoms with Gasteiger partial charge in [-0.3, -0.25) is 4.99 Å². The van der Waals surface area contributed by atoms with Gasteiger partial charge in [0.05, 0.1) is 12.1 Å². The smallest absolute Gasteiger partial charge is 0.191 e. The summed E-state index contributed by atoms with van der Waals surface area (Å²) in [5.74, 6) is 0.747. The average Bonchev–Trinajstić information content (AvgIpc) is 2.54. The van der Waals surface area contributed by atoms with Crippen LogP contribution < -0.4 is 10.6 Å². The standard InChI is InChI=1S/C17H28ClN3O.HI/c1-4-17(22,5-2)13-21-16(19-6-3)20-12-11-14-7-9-15(18)10-8-14;/h7-10,22H,4-6,11-13H2,1-3H3,(H2,19,20,21);1H. The van der Waals surface area contributed by atoms with Gasteiger partial charge >= 0.3 is 0 Å². The average molecular weight is 454 g/mol. The van der Waals surface area contributed by atoms with Crippen LogP contribution in [-0.2, 0) is 6.42 Å². The Morgan fingerprint density at radius 3 is 2.26 bits per heavy atom. The van der Waals surface area contributed by atoms with Gasteiger partial charge in [0.1, 0.15) is 0 Å². The lowest BCUT2D eigenvalue weighted by Crippen LogP contribution is -2.40. The van der Waals surface area contributed by atoms with Gasteiger partial charge in [0.15, 0.2) is 5.96 Å². The predicted molar refractivity (Wildman–Crippen MR) is 110 cm³/mol. The van der Waals surface area contributed by atoms with E-state index in [1.54, 1.807) is 0 Å². The van der Waals surface area contributed by atoms with Crippen molar-refractivity contribution in [2.24, 2.45) is 4.99 Å². The van der Waals surface area contributed by atoms with Gasteiger partial charge in [0.25, 0.3) is 0 Å². The van der Waals surface area contributed by atoms with Crippen LogP contribution in [-0.4, -0.2) is 36.3 Å². The minimum absolute atomic E-state index is 0. The van der Waals surface area contributed by atoms with Crippen LogP contribution >= 0.6 is 35.6 Å². The van der Waals surface area contributed by atoms with Crippen molar-refractivity contribution in [3.63, 3.8) is 0 Å². The zero-order valence-electron chi connectivity index (χ0n) is 14.2. The second-order valence-electron chi connectivity index (χ2n) is 5.43. The van der Waals surface area contributed by atoms with Crippen molar-refractivity contribution >= 4 is 41.5 Å². The maximum Gasteiger partial charge on any atom is 0.191 e. The van der Waals surface area contributed by atoms with Crippen LogP contribution in [0.3, 0.4) is 0 Å². The predicted octanol–water partition coefficient (Wildman–Crippen LogP) is 3.61. The van der Waals surface area contributed by atoms with Crippen LogP contribution in [0, 0.1) is 0 Å². The third-order valence-electron chi connectivity index (χ3n) is 3.81. The molecule has 23 heavy (non-hydrogen) atoms. The van der Waals surface area contributed by atoms with Crippen LogP contribution in [0.2, 0.25) is 5.02 Å². The van der Waals surface area contributed by atoms with Crippen molar-refractivity contribution in [2.75, 3.05) is 19.6 Å². The first kappa shape index (κ1) is 22.5. The summed E-state index contributed by atoms with van der Waals surface area (Å²) in [6.07, 6.45) is 2.31. The molecule has 0 aliphatic rings. The Morgan fingerprint density at radius 1 is 1.13 bits per heavy atom. The van der Waals surface area contributed by atoms with Gasteiger partial charge in [0.2, 0.25) is 0 Å². The Labute approximate surface area is 162 Å². The number of guanidine groups is 1. The highest BCUT2D eigenvalue weighted by Crippen LogP contribution is 2.14.